The molecule has 0 aliphatic carbocycles. The fraction of sp³-hybridized carbons (Fsp3) is 0.778. The van der Waals surface area contributed by atoms with Crippen LogP contribution in [0.25, 0.3) is 0 Å². The molecule has 4 heterocycles. The van der Waals surface area contributed by atoms with Gasteiger partial charge in [-0.3, -0.25) is 19.4 Å². The van der Waals surface area contributed by atoms with Crippen molar-refractivity contribution < 1.29 is 19.1 Å². The fourth-order valence-corrected chi connectivity index (χ4v) is 4.76. The van der Waals surface area contributed by atoms with Gasteiger partial charge in [-0.15, -0.1) is 0 Å². The standard InChI is InChI=1S/C18H24N2O4/c21-15-17(7-13-23-15)5-3-11-19(17)9-1-2-10-20-12-4-6-18(20)8-14-24-16(18)22/h3-14H2. The first-order valence-corrected chi connectivity index (χ1v) is 8.98. The molecule has 0 aromatic carbocycles. The van der Waals surface area contributed by atoms with Gasteiger partial charge >= 0.3 is 11.9 Å². The van der Waals surface area contributed by atoms with E-state index in [0.717, 1.165) is 51.6 Å². The molecule has 4 rings (SSSR count). The Hall–Kier alpha value is -1.58. The van der Waals surface area contributed by atoms with Crippen LogP contribution < -0.4 is 0 Å². The smallest absolute Gasteiger partial charge is 0.326 e. The number of rotatable bonds is 2. The molecular weight excluding hydrogens is 308 g/mol. The number of carbonyl (C=O) groups is 2. The molecule has 4 aliphatic rings. The molecular formula is C18H24N2O4. The van der Waals surface area contributed by atoms with Crippen molar-refractivity contribution in [1.29, 1.82) is 0 Å². The monoisotopic (exact) mass is 332 g/mol. The second kappa shape index (κ2) is 6.05. The summed E-state index contributed by atoms with van der Waals surface area (Å²) in [6, 6.07) is 0. The highest BCUT2D eigenvalue weighted by Gasteiger charge is 2.52. The van der Waals surface area contributed by atoms with Crippen LogP contribution in [-0.2, 0) is 19.1 Å². The Morgan fingerprint density at radius 2 is 1.25 bits per heavy atom. The zero-order chi connectivity index (χ0) is 16.6. The molecule has 2 spiro atoms. The first-order valence-electron chi connectivity index (χ1n) is 8.98. The summed E-state index contributed by atoms with van der Waals surface area (Å²) in [6.45, 7) is 4.07. The minimum Gasteiger partial charge on any atom is -0.464 e. The Balaban J connectivity index is 1.37. The topological polar surface area (TPSA) is 59.1 Å². The van der Waals surface area contributed by atoms with Crippen LogP contribution in [0, 0.1) is 11.8 Å². The van der Waals surface area contributed by atoms with E-state index in [4.69, 9.17) is 9.47 Å². The van der Waals surface area contributed by atoms with Crippen molar-refractivity contribution in [2.75, 3.05) is 39.4 Å². The molecule has 6 nitrogen and oxygen atoms in total. The maximum atomic E-state index is 12.1. The number of carbonyl (C=O) groups excluding carboxylic acids is 2. The summed E-state index contributed by atoms with van der Waals surface area (Å²) in [6.07, 6.45) is 5.39. The van der Waals surface area contributed by atoms with Crippen LogP contribution in [0.4, 0.5) is 0 Å². The highest BCUT2D eigenvalue weighted by atomic mass is 16.5. The van der Waals surface area contributed by atoms with E-state index in [9.17, 15) is 9.59 Å². The third-order valence-corrected chi connectivity index (χ3v) is 6.17. The molecule has 130 valence electrons. The van der Waals surface area contributed by atoms with E-state index in [1.54, 1.807) is 0 Å². The summed E-state index contributed by atoms with van der Waals surface area (Å²) in [5.41, 5.74) is -0.836. The number of hydrogen-bond acceptors (Lipinski definition) is 6. The van der Waals surface area contributed by atoms with Crippen LogP contribution in [0.5, 0.6) is 0 Å². The summed E-state index contributed by atoms with van der Waals surface area (Å²) in [7, 11) is 0. The van der Waals surface area contributed by atoms with Crippen LogP contribution in [0.2, 0.25) is 0 Å². The second-order valence-corrected chi connectivity index (χ2v) is 7.24. The van der Waals surface area contributed by atoms with Gasteiger partial charge in [0.25, 0.3) is 0 Å². The van der Waals surface area contributed by atoms with E-state index in [2.05, 4.69) is 21.6 Å². The number of nitrogens with zero attached hydrogens (tertiary/aromatic N) is 2. The third-order valence-electron chi connectivity index (χ3n) is 6.17. The number of cyclic esters (lactones) is 2. The molecule has 0 aromatic heterocycles. The van der Waals surface area contributed by atoms with Crippen LogP contribution in [0.1, 0.15) is 38.5 Å². The lowest BCUT2D eigenvalue weighted by Crippen LogP contribution is -2.48. The van der Waals surface area contributed by atoms with Crippen molar-refractivity contribution in [2.24, 2.45) is 0 Å². The average molecular weight is 332 g/mol. The van der Waals surface area contributed by atoms with Gasteiger partial charge in [0.2, 0.25) is 0 Å². The Kier molecular flexibility index (Phi) is 4.01. The Bertz CT molecular complexity index is 552. The van der Waals surface area contributed by atoms with Crippen molar-refractivity contribution in [1.82, 2.24) is 9.80 Å². The molecule has 4 saturated heterocycles. The van der Waals surface area contributed by atoms with Gasteiger partial charge in [-0.1, -0.05) is 11.8 Å². The Labute approximate surface area is 142 Å². The van der Waals surface area contributed by atoms with Crippen LogP contribution >= 0.6 is 0 Å². The van der Waals surface area contributed by atoms with Crippen LogP contribution in [0.3, 0.4) is 0 Å². The van der Waals surface area contributed by atoms with E-state index >= 15 is 0 Å². The van der Waals surface area contributed by atoms with Crippen molar-refractivity contribution in [3.8, 4) is 11.8 Å². The fourth-order valence-electron chi connectivity index (χ4n) is 4.76. The first kappa shape index (κ1) is 15.9. The maximum Gasteiger partial charge on any atom is 0.326 e. The molecule has 0 bridgehead atoms. The molecule has 0 radical (unpaired) electrons. The lowest BCUT2D eigenvalue weighted by Gasteiger charge is -2.30. The van der Waals surface area contributed by atoms with Crippen molar-refractivity contribution in [2.45, 2.75) is 49.6 Å². The van der Waals surface area contributed by atoms with Gasteiger partial charge in [0.1, 0.15) is 11.1 Å². The normalized spacial score (nSPS) is 36.3. The van der Waals surface area contributed by atoms with E-state index in [1.165, 1.54) is 0 Å². The summed E-state index contributed by atoms with van der Waals surface area (Å²) in [5, 5.41) is 0. The summed E-state index contributed by atoms with van der Waals surface area (Å²) < 4.78 is 10.4. The SMILES string of the molecule is O=C1OCCC12CCCN2CC#CCN1CCCC12CCOC2=O. The minimum absolute atomic E-state index is 0.0750. The molecule has 0 amide bonds. The highest BCUT2D eigenvalue weighted by Crippen LogP contribution is 2.38. The number of likely N-dealkylation sites (tertiary alicyclic amines) is 2. The predicted octanol–water partition coefficient (Wildman–Crippen LogP) is 0.553. The van der Waals surface area contributed by atoms with Crippen LogP contribution in [0.15, 0.2) is 0 Å². The zero-order valence-corrected chi connectivity index (χ0v) is 14.0. The maximum absolute atomic E-state index is 12.1. The lowest BCUT2D eigenvalue weighted by molar-refractivity contribution is -0.147. The van der Waals surface area contributed by atoms with Gasteiger partial charge in [0.05, 0.1) is 26.3 Å². The molecule has 4 fully saturated rings. The highest BCUT2D eigenvalue weighted by molar-refractivity contribution is 5.83. The van der Waals surface area contributed by atoms with Gasteiger partial charge in [-0.25, -0.2) is 0 Å². The summed E-state index contributed by atoms with van der Waals surface area (Å²) >= 11 is 0. The van der Waals surface area contributed by atoms with Crippen molar-refractivity contribution in [3.63, 3.8) is 0 Å². The molecule has 2 atom stereocenters. The number of esters is 2. The van der Waals surface area contributed by atoms with E-state index in [0.29, 0.717) is 26.3 Å². The molecule has 24 heavy (non-hydrogen) atoms. The Morgan fingerprint density at radius 3 is 1.62 bits per heavy atom. The Morgan fingerprint density at radius 1 is 0.792 bits per heavy atom. The minimum atomic E-state index is -0.418. The molecule has 0 saturated carbocycles. The number of ether oxygens (including phenoxy) is 2. The molecule has 6 heteroatoms. The molecule has 4 aliphatic heterocycles. The van der Waals surface area contributed by atoms with E-state index < -0.39 is 11.1 Å². The lowest BCUT2D eigenvalue weighted by atomic mass is 9.94. The van der Waals surface area contributed by atoms with Gasteiger partial charge in [-0.05, 0) is 25.7 Å². The van der Waals surface area contributed by atoms with Crippen LogP contribution in [-0.4, -0.2) is 72.2 Å². The zero-order valence-electron chi connectivity index (χ0n) is 14.0. The number of hydrogen-bond donors (Lipinski definition) is 0. The average Bonchev–Trinajstić information content (AvgIpc) is 3.32. The van der Waals surface area contributed by atoms with Gasteiger partial charge < -0.3 is 9.47 Å². The molecule has 0 aromatic rings. The van der Waals surface area contributed by atoms with Crippen molar-refractivity contribution >= 4 is 11.9 Å². The predicted molar refractivity (Wildman–Crippen MR) is 86.0 cm³/mol. The largest absolute Gasteiger partial charge is 0.464 e. The first-order chi connectivity index (χ1) is 11.7. The van der Waals surface area contributed by atoms with Gasteiger partial charge in [0, 0.05) is 25.9 Å². The third kappa shape index (κ3) is 2.34. The van der Waals surface area contributed by atoms with Gasteiger partial charge in [0.15, 0.2) is 0 Å². The molecule has 2 unspecified atom stereocenters. The second-order valence-electron chi connectivity index (χ2n) is 7.24. The van der Waals surface area contributed by atoms with E-state index in [1.807, 2.05) is 0 Å². The summed E-state index contributed by atoms with van der Waals surface area (Å²) in [5.74, 6) is 6.29. The van der Waals surface area contributed by atoms with Gasteiger partial charge in [-0.2, -0.15) is 0 Å². The summed E-state index contributed by atoms with van der Waals surface area (Å²) in [4.78, 5) is 28.5. The molecule has 0 N–H and O–H groups in total. The quantitative estimate of drug-likeness (QED) is 0.544. The van der Waals surface area contributed by atoms with Crippen molar-refractivity contribution in [3.05, 3.63) is 0 Å². The van der Waals surface area contributed by atoms with E-state index in [-0.39, 0.29) is 11.9 Å².